The van der Waals surface area contributed by atoms with Crippen molar-refractivity contribution in [3.8, 4) is 0 Å². The third-order valence-electron chi connectivity index (χ3n) is 3.19. The highest BCUT2D eigenvalue weighted by atomic mass is 32.1. The van der Waals surface area contributed by atoms with Crippen molar-refractivity contribution in [2.45, 2.75) is 31.7 Å². The Hall–Kier alpha value is -1.56. The summed E-state index contributed by atoms with van der Waals surface area (Å²) in [5.41, 5.74) is 5.66. The molecule has 2 rings (SSSR count). The summed E-state index contributed by atoms with van der Waals surface area (Å²) in [5.74, 6) is 0.183. The quantitative estimate of drug-likeness (QED) is 0.376. The topological polar surface area (TPSA) is 78.9 Å². The second kappa shape index (κ2) is 5.86. The van der Waals surface area contributed by atoms with Crippen molar-refractivity contribution in [3.05, 3.63) is 22.4 Å². The van der Waals surface area contributed by atoms with Gasteiger partial charge in [-0.3, -0.25) is 4.79 Å². The van der Waals surface area contributed by atoms with Crippen LogP contribution >= 0.6 is 11.3 Å². The van der Waals surface area contributed by atoms with E-state index < -0.39 is 0 Å². The van der Waals surface area contributed by atoms with Crippen molar-refractivity contribution >= 4 is 23.1 Å². The Balaban J connectivity index is 2.06. The summed E-state index contributed by atoms with van der Waals surface area (Å²) in [4.78, 5) is 15.0. The number of amides is 1. The number of rotatable bonds is 3. The van der Waals surface area contributed by atoms with Gasteiger partial charge in [-0.15, -0.1) is 11.3 Å². The van der Waals surface area contributed by atoms with Crippen LogP contribution in [0.3, 0.4) is 0 Å². The third-order valence-corrected chi connectivity index (χ3v) is 4.06. The minimum atomic E-state index is -0.254. The summed E-state index contributed by atoms with van der Waals surface area (Å²) in [6.07, 6.45) is 3.15. The molecule has 1 aliphatic rings. The van der Waals surface area contributed by atoms with Gasteiger partial charge in [-0.25, -0.2) is 0 Å². The van der Waals surface area contributed by atoms with E-state index in [9.17, 15) is 4.79 Å². The number of oxime groups is 1. The van der Waals surface area contributed by atoms with Crippen molar-refractivity contribution in [1.82, 2.24) is 4.90 Å². The van der Waals surface area contributed by atoms with Crippen molar-refractivity contribution in [2.24, 2.45) is 10.9 Å². The van der Waals surface area contributed by atoms with E-state index in [0.717, 1.165) is 24.1 Å². The molecule has 0 saturated carbocycles. The van der Waals surface area contributed by atoms with E-state index in [1.165, 1.54) is 0 Å². The lowest BCUT2D eigenvalue weighted by Crippen LogP contribution is -2.51. The first-order valence-corrected chi connectivity index (χ1v) is 6.89. The van der Waals surface area contributed by atoms with E-state index in [4.69, 9.17) is 10.9 Å². The molecule has 5 nitrogen and oxygen atoms in total. The average Bonchev–Trinajstić information content (AvgIpc) is 2.90. The molecule has 1 amide bonds. The minimum absolute atomic E-state index is 0.0498. The second-order valence-corrected chi connectivity index (χ2v) is 5.41. The van der Waals surface area contributed by atoms with Gasteiger partial charge >= 0.3 is 0 Å². The summed E-state index contributed by atoms with van der Waals surface area (Å²) in [6.45, 7) is 0.686. The van der Waals surface area contributed by atoms with Gasteiger partial charge in [-0.2, -0.15) is 0 Å². The van der Waals surface area contributed by atoms with Crippen LogP contribution < -0.4 is 5.73 Å². The Labute approximate surface area is 110 Å². The van der Waals surface area contributed by atoms with Gasteiger partial charge < -0.3 is 15.8 Å². The molecule has 0 aliphatic carbocycles. The van der Waals surface area contributed by atoms with Crippen LogP contribution in [-0.4, -0.2) is 34.4 Å². The molecule has 3 N–H and O–H groups in total. The Morgan fingerprint density at radius 1 is 1.61 bits per heavy atom. The van der Waals surface area contributed by atoms with Gasteiger partial charge in [0.25, 0.3) is 0 Å². The fourth-order valence-electron chi connectivity index (χ4n) is 2.27. The molecule has 98 valence electrons. The van der Waals surface area contributed by atoms with Crippen LogP contribution in [0.15, 0.2) is 22.7 Å². The first-order valence-electron chi connectivity index (χ1n) is 6.01. The van der Waals surface area contributed by atoms with Crippen LogP contribution in [0.25, 0.3) is 0 Å². The fraction of sp³-hybridized carbons (Fsp3) is 0.500. The molecule has 6 heteroatoms. The van der Waals surface area contributed by atoms with Crippen LogP contribution in [0.5, 0.6) is 0 Å². The first kappa shape index (κ1) is 12.9. The summed E-state index contributed by atoms with van der Waals surface area (Å²) in [6, 6.07) is 3.63. The lowest BCUT2D eigenvalue weighted by atomic mass is 10.0. The zero-order valence-electron chi connectivity index (χ0n) is 10.1. The number of likely N-dealkylation sites (tertiary alicyclic amines) is 1. The van der Waals surface area contributed by atoms with Crippen LogP contribution in [0, 0.1) is 0 Å². The molecular formula is C12H17N3O2S. The first-order chi connectivity index (χ1) is 8.72. The molecule has 0 spiro atoms. The maximum absolute atomic E-state index is 12.2. The maximum atomic E-state index is 12.2. The molecule has 18 heavy (non-hydrogen) atoms. The van der Waals surface area contributed by atoms with Gasteiger partial charge in [-0.05, 0) is 30.7 Å². The third kappa shape index (κ3) is 2.81. The zero-order chi connectivity index (χ0) is 13.0. The smallest absolute Gasteiger partial charge is 0.228 e. The molecule has 1 aromatic rings. The Kier molecular flexibility index (Phi) is 4.19. The normalized spacial score (nSPS) is 21.0. The highest BCUT2D eigenvalue weighted by Gasteiger charge is 2.29. The maximum Gasteiger partial charge on any atom is 0.228 e. The molecule has 1 saturated heterocycles. The van der Waals surface area contributed by atoms with Gasteiger partial charge in [0.2, 0.25) is 5.91 Å². The predicted octanol–water partition coefficient (Wildman–Crippen LogP) is 1.42. The van der Waals surface area contributed by atoms with E-state index in [1.54, 1.807) is 16.2 Å². The molecule has 1 aliphatic heterocycles. The van der Waals surface area contributed by atoms with Crippen LogP contribution in [0.2, 0.25) is 0 Å². The monoisotopic (exact) mass is 267 g/mol. The standard InChI is InChI=1S/C12H17N3O2S/c13-12(14-17)10-5-1-2-6-15(10)11(16)8-9-4-3-7-18-9/h3-4,7,10,17H,1-2,5-6,8H2,(H2,13,14). The summed E-state index contributed by atoms with van der Waals surface area (Å²) < 4.78 is 0. The summed E-state index contributed by atoms with van der Waals surface area (Å²) >= 11 is 1.57. The number of hydrogen-bond acceptors (Lipinski definition) is 4. The molecule has 2 heterocycles. The number of carbonyl (C=O) groups excluding carboxylic acids is 1. The molecule has 1 aromatic heterocycles. The van der Waals surface area contributed by atoms with E-state index in [0.29, 0.717) is 13.0 Å². The summed E-state index contributed by atoms with van der Waals surface area (Å²) in [7, 11) is 0. The van der Waals surface area contributed by atoms with Crippen LogP contribution in [0.1, 0.15) is 24.1 Å². The number of piperidine rings is 1. The van der Waals surface area contributed by atoms with Crippen molar-refractivity contribution in [2.75, 3.05) is 6.54 Å². The van der Waals surface area contributed by atoms with Gasteiger partial charge in [0.05, 0.1) is 12.5 Å². The number of nitrogens with zero attached hydrogens (tertiary/aromatic N) is 2. The van der Waals surface area contributed by atoms with E-state index >= 15 is 0 Å². The molecule has 1 atom stereocenters. The highest BCUT2D eigenvalue weighted by Crippen LogP contribution is 2.19. The largest absolute Gasteiger partial charge is 0.409 e. The molecule has 1 unspecified atom stereocenters. The lowest BCUT2D eigenvalue weighted by Gasteiger charge is -2.34. The van der Waals surface area contributed by atoms with Gasteiger partial charge in [0.15, 0.2) is 5.84 Å². The SMILES string of the molecule is NC(=NO)C1CCCCN1C(=O)Cc1cccs1. The van der Waals surface area contributed by atoms with Crippen molar-refractivity contribution in [3.63, 3.8) is 0 Å². The average molecular weight is 267 g/mol. The minimum Gasteiger partial charge on any atom is -0.409 e. The number of hydrogen-bond donors (Lipinski definition) is 2. The Morgan fingerprint density at radius 3 is 3.11 bits per heavy atom. The predicted molar refractivity (Wildman–Crippen MR) is 70.8 cm³/mol. The Morgan fingerprint density at radius 2 is 2.44 bits per heavy atom. The summed E-state index contributed by atoms with van der Waals surface area (Å²) in [5, 5.41) is 13.8. The molecule has 0 aromatic carbocycles. The fourth-order valence-corrected chi connectivity index (χ4v) is 2.96. The number of carbonyl (C=O) groups is 1. The number of amidine groups is 1. The van der Waals surface area contributed by atoms with E-state index in [-0.39, 0.29) is 17.8 Å². The van der Waals surface area contributed by atoms with E-state index in [2.05, 4.69) is 5.16 Å². The van der Waals surface area contributed by atoms with Gasteiger partial charge in [-0.1, -0.05) is 11.2 Å². The highest BCUT2D eigenvalue weighted by molar-refractivity contribution is 7.10. The zero-order valence-corrected chi connectivity index (χ0v) is 10.9. The van der Waals surface area contributed by atoms with Crippen molar-refractivity contribution in [1.29, 1.82) is 0 Å². The lowest BCUT2D eigenvalue weighted by molar-refractivity contribution is -0.132. The van der Waals surface area contributed by atoms with Crippen molar-refractivity contribution < 1.29 is 10.0 Å². The molecule has 0 radical (unpaired) electrons. The molecule has 0 bridgehead atoms. The van der Waals surface area contributed by atoms with E-state index in [1.807, 2.05) is 17.5 Å². The van der Waals surface area contributed by atoms with Gasteiger partial charge in [0, 0.05) is 11.4 Å². The number of nitrogens with two attached hydrogens (primary N) is 1. The van der Waals surface area contributed by atoms with Gasteiger partial charge in [0.1, 0.15) is 0 Å². The Bertz CT molecular complexity index is 431. The van der Waals surface area contributed by atoms with Crippen LogP contribution in [-0.2, 0) is 11.2 Å². The molecule has 1 fully saturated rings. The van der Waals surface area contributed by atoms with Crippen LogP contribution in [0.4, 0.5) is 0 Å². The molecular weight excluding hydrogens is 250 g/mol. The number of thiophene rings is 1. The second-order valence-electron chi connectivity index (χ2n) is 4.38.